The lowest BCUT2D eigenvalue weighted by atomic mass is 10.2. The van der Waals surface area contributed by atoms with Crippen molar-refractivity contribution in [2.24, 2.45) is 0 Å². The highest BCUT2D eigenvalue weighted by atomic mass is 35.5. The summed E-state index contributed by atoms with van der Waals surface area (Å²) in [5, 5.41) is 2.62. The molecule has 0 atom stereocenters. The molecule has 2 rings (SSSR count). The highest BCUT2D eigenvalue weighted by molar-refractivity contribution is 6.30. The predicted molar refractivity (Wildman–Crippen MR) is 86.6 cm³/mol. The monoisotopic (exact) mass is 337 g/mol. The van der Waals surface area contributed by atoms with Crippen LogP contribution in [0, 0.1) is 12.7 Å². The van der Waals surface area contributed by atoms with E-state index in [4.69, 9.17) is 21.1 Å². The van der Waals surface area contributed by atoms with Crippen molar-refractivity contribution in [3.63, 3.8) is 0 Å². The molecule has 0 spiro atoms. The lowest BCUT2D eigenvalue weighted by Crippen LogP contribution is -2.32. The minimum atomic E-state index is -0.531. The first-order chi connectivity index (χ1) is 11.0. The lowest BCUT2D eigenvalue weighted by molar-refractivity contribution is -0.123. The number of benzene rings is 2. The van der Waals surface area contributed by atoms with E-state index < -0.39 is 5.82 Å². The molecule has 0 unspecified atom stereocenters. The SMILES string of the molecule is Cc1cccc(OCCNC(=O)COc2ccc(F)c(Cl)c2)c1. The van der Waals surface area contributed by atoms with Gasteiger partial charge in [-0.25, -0.2) is 4.39 Å². The number of halogens is 2. The van der Waals surface area contributed by atoms with Crippen LogP contribution in [0.5, 0.6) is 11.5 Å². The van der Waals surface area contributed by atoms with Crippen molar-refractivity contribution in [3.05, 3.63) is 58.9 Å². The Hall–Kier alpha value is -2.27. The van der Waals surface area contributed by atoms with E-state index in [1.807, 2.05) is 31.2 Å². The molecule has 0 fully saturated rings. The number of amides is 1. The fraction of sp³-hybridized carbons (Fsp3) is 0.235. The summed E-state index contributed by atoms with van der Waals surface area (Å²) in [7, 11) is 0. The highest BCUT2D eigenvalue weighted by Crippen LogP contribution is 2.20. The molecule has 0 bridgehead atoms. The van der Waals surface area contributed by atoms with Gasteiger partial charge in [-0.15, -0.1) is 0 Å². The first-order valence-electron chi connectivity index (χ1n) is 7.08. The van der Waals surface area contributed by atoms with E-state index >= 15 is 0 Å². The molecule has 2 aromatic rings. The van der Waals surface area contributed by atoms with E-state index in [0.717, 1.165) is 11.3 Å². The van der Waals surface area contributed by atoms with Crippen LogP contribution in [0.3, 0.4) is 0 Å². The number of carbonyl (C=O) groups is 1. The van der Waals surface area contributed by atoms with Crippen molar-refractivity contribution >= 4 is 17.5 Å². The Morgan fingerprint density at radius 3 is 2.70 bits per heavy atom. The molecule has 6 heteroatoms. The predicted octanol–water partition coefficient (Wildman–Crippen LogP) is 3.36. The van der Waals surface area contributed by atoms with Crippen LogP contribution in [0.4, 0.5) is 4.39 Å². The maximum atomic E-state index is 13.0. The molecule has 1 amide bonds. The molecule has 0 saturated carbocycles. The third-order valence-electron chi connectivity index (χ3n) is 2.94. The van der Waals surface area contributed by atoms with Crippen LogP contribution in [0.15, 0.2) is 42.5 Å². The van der Waals surface area contributed by atoms with E-state index in [2.05, 4.69) is 5.32 Å². The smallest absolute Gasteiger partial charge is 0.258 e. The third-order valence-corrected chi connectivity index (χ3v) is 3.23. The van der Waals surface area contributed by atoms with Gasteiger partial charge in [0.25, 0.3) is 5.91 Å². The van der Waals surface area contributed by atoms with Crippen LogP contribution in [0.25, 0.3) is 0 Å². The molecule has 0 aliphatic rings. The van der Waals surface area contributed by atoms with Crippen molar-refractivity contribution in [3.8, 4) is 11.5 Å². The van der Waals surface area contributed by atoms with Crippen LogP contribution in [0.1, 0.15) is 5.56 Å². The molecule has 0 saturated heterocycles. The van der Waals surface area contributed by atoms with E-state index in [9.17, 15) is 9.18 Å². The molecule has 0 aliphatic heterocycles. The van der Waals surface area contributed by atoms with Gasteiger partial charge in [0.15, 0.2) is 6.61 Å². The largest absolute Gasteiger partial charge is 0.492 e. The summed E-state index contributed by atoms with van der Waals surface area (Å²) < 4.78 is 23.7. The Morgan fingerprint density at radius 2 is 1.96 bits per heavy atom. The molecule has 0 aliphatic carbocycles. The van der Waals surface area contributed by atoms with Crippen molar-refractivity contribution in [2.75, 3.05) is 19.8 Å². The Kier molecular flexibility index (Phi) is 6.23. The summed E-state index contributed by atoms with van der Waals surface area (Å²) in [6.45, 7) is 2.53. The Balaban J connectivity index is 1.66. The molecule has 0 aromatic heterocycles. The molecule has 122 valence electrons. The van der Waals surface area contributed by atoms with Gasteiger partial charge in [-0.1, -0.05) is 23.7 Å². The van der Waals surface area contributed by atoms with Gasteiger partial charge in [0, 0.05) is 6.07 Å². The molecule has 2 aromatic carbocycles. The van der Waals surface area contributed by atoms with Crippen molar-refractivity contribution in [1.82, 2.24) is 5.32 Å². The lowest BCUT2D eigenvalue weighted by Gasteiger charge is -2.09. The van der Waals surface area contributed by atoms with Crippen LogP contribution < -0.4 is 14.8 Å². The number of hydrogen-bond donors (Lipinski definition) is 1. The van der Waals surface area contributed by atoms with Gasteiger partial charge in [-0.3, -0.25) is 4.79 Å². The van der Waals surface area contributed by atoms with E-state index in [0.29, 0.717) is 18.9 Å². The molecule has 4 nitrogen and oxygen atoms in total. The molecule has 1 N–H and O–H groups in total. The minimum Gasteiger partial charge on any atom is -0.492 e. The summed E-state index contributed by atoms with van der Waals surface area (Å²) in [5.41, 5.74) is 1.11. The van der Waals surface area contributed by atoms with Crippen molar-refractivity contribution in [2.45, 2.75) is 6.92 Å². The number of ether oxygens (including phenoxy) is 2. The fourth-order valence-corrected chi connectivity index (χ4v) is 2.00. The maximum Gasteiger partial charge on any atom is 0.258 e. The zero-order valence-corrected chi connectivity index (χ0v) is 13.4. The molecule has 0 heterocycles. The quantitative estimate of drug-likeness (QED) is 0.788. The first kappa shape index (κ1) is 17.1. The van der Waals surface area contributed by atoms with Crippen molar-refractivity contribution < 1.29 is 18.7 Å². The Morgan fingerprint density at radius 1 is 1.17 bits per heavy atom. The Labute approximate surface area is 139 Å². The second-order valence-electron chi connectivity index (χ2n) is 4.88. The second-order valence-corrected chi connectivity index (χ2v) is 5.29. The zero-order valence-electron chi connectivity index (χ0n) is 12.6. The zero-order chi connectivity index (χ0) is 16.7. The van der Waals surface area contributed by atoms with E-state index in [1.165, 1.54) is 18.2 Å². The summed E-state index contributed by atoms with van der Waals surface area (Å²) in [6, 6.07) is 11.6. The fourth-order valence-electron chi connectivity index (χ4n) is 1.83. The summed E-state index contributed by atoms with van der Waals surface area (Å²) in [6.07, 6.45) is 0. The summed E-state index contributed by atoms with van der Waals surface area (Å²) >= 11 is 5.63. The van der Waals surface area contributed by atoms with Gasteiger partial charge in [-0.2, -0.15) is 0 Å². The maximum absolute atomic E-state index is 13.0. The minimum absolute atomic E-state index is 0.0468. The standard InChI is InChI=1S/C17H17ClFNO3/c1-12-3-2-4-13(9-12)22-8-7-20-17(21)11-23-14-5-6-16(19)15(18)10-14/h2-6,9-10H,7-8,11H2,1H3,(H,20,21). The van der Waals surface area contributed by atoms with Crippen molar-refractivity contribution in [1.29, 1.82) is 0 Å². The molecular formula is C17H17ClFNO3. The third kappa shape index (κ3) is 5.79. The van der Waals surface area contributed by atoms with E-state index in [1.54, 1.807) is 0 Å². The number of nitrogens with one attached hydrogen (secondary N) is 1. The number of rotatable bonds is 7. The van der Waals surface area contributed by atoms with E-state index in [-0.39, 0.29) is 17.5 Å². The topological polar surface area (TPSA) is 47.6 Å². The molecule has 23 heavy (non-hydrogen) atoms. The molecule has 0 radical (unpaired) electrons. The number of aryl methyl sites for hydroxylation is 1. The number of carbonyl (C=O) groups excluding carboxylic acids is 1. The van der Waals surface area contributed by atoms with Gasteiger partial charge in [0.1, 0.15) is 23.9 Å². The highest BCUT2D eigenvalue weighted by Gasteiger charge is 2.05. The summed E-state index contributed by atoms with van der Waals surface area (Å²) in [4.78, 5) is 11.6. The Bertz CT molecular complexity index is 679. The normalized spacial score (nSPS) is 10.2. The van der Waals surface area contributed by atoms with Gasteiger partial charge >= 0.3 is 0 Å². The first-order valence-corrected chi connectivity index (χ1v) is 7.46. The van der Waals surface area contributed by atoms with Crippen LogP contribution >= 0.6 is 11.6 Å². The van der Waals surface area contributed by atoms with Crippen LogP contribution in [-0.4, -0.2) is 25.7 Å². The van der Waals surface area contributed by atoms with Gasteiger partial charge in [0.2, 0.25) is 0 Å². The summed E-state index contributed by atoms with van der Waals surface area (Å²) in [5.74, 6) is 0.272. The average Bonchev–Trinajstić information content (AvgIpc) is 2.53. The van der Waals surface area contributed by atoms with Crippen LogP contribution in [0.2, 0.25) is 5.02 Å². The molecular weight excluding hydrogens is 321 g/mol. The van der Waals surface area contributed by atoms with Gasteiger partial charge < -0.3 is 14.8 Å². The average molecular weight is 338 g/mol. The second kappa shape index (κ2) is 8.39. The number of hydrogen-bond acceptors (Lipinski definition) is 3. The van der Waals surface area contributed by atoms with Crippen LogP contribution in [-0.2, 0) is 4.79 Å². The van der Waals surface area contributed by atoms with Gasteiger partial charge in [0.05, 0.1) is 11.6 Å². The van der Waals surface area contributed by atoms with Gasteiger partial charge in [-0.05, 0) is 36.8 Å².